The number of anilines is 2. The summed E-state index contributed by atoms with van der Waals surface area (Å²) in [6.45, 7) is 7.79. The van der Waals surface area contributed by atoms with Crippen molar-refractivity contribution in [3.63, 3.8) is 0 Å². The Labute approximate surface area is 181 Å². The third kappa shape index (κ3) is 4.26. The van der Waals surface area contributed by atoms with Crippen molar-refractivity contribution in [2.24, 2.45) is 0 Å². The van der Waals surface area contributed by atoms with Crippen molar-refractivity contribution < 1.29 is 0 Å². The molecular weight excluding hydrogens is 362 g/mol. The zero-order chi connectivity index (χ0) is 21.0. The fourth-order valence-corrected chi connectivity index (χ4v) is 4.38. The van der Waals surface area contributed by atoms with E-state index in [0.717, 1.165) is 6.54 Å². The van der Waals surface area contributed by atoms with E-state index in [2.05, 4.69) is 123 Å². The second kappa shape index (κ2) is 8.75. The number of nitrogens with zero attached hydrogens (tertiary/aromatic N) is 1. The molecule has 0 N–H and O–H groups in total. The smallest absolute Gasteiger partial charge is 0.0493 e. The van der Waals surface area contributed by atoms with Crippen molar-refractivity contribution in [2.75, 3.05) is 4.90 Å². The monoisotopic (exact) mass is 393 g/mol. The first-order chi connectivity index (χ1) is 14.6. The van der Waals surface area contributed by atoms with Gasteiger partial charge in [0.25, 0.3) is 0 Å². The van der Waals surface area contributed by atoms with Gasteiger partial charge >= 0.3 is 0 Å². The highest BCUT2D eigenvalue weighted by Crippen LogP contribution is 2.34. The molecule has 0 fully saturated rings. The summed E-state index contributed by atoms with van der Waals surface area (Å²) in [7, 11) is 0. The zero-order valence-electron chi connectivity index (χ0n) is 18.3. The Morgan fingerprint density at radius 2 is 1.37 bits per heavy atom. The van der Waals surface area contributed by atoms with E-state index < -0.39 is 0 Å². The van der Waals surface area contributed by atoms with Gasteiger partial charge < -0.3 is 4.90 Å². The number of fused-ring (bicyclic) bond motifs is 1. The van der Waals surface area contributed by atoms with Crippen LogP contribution in [-0.2, 0) is 12.0 Å². The minimum atomic E-state index is 0.224. The van der Waals surface area contributed by atoms with E-state index in [0.29, 0.717) is 0 Å². The minimum Gasteiger partial charge on any atom is -0.336 e. The molecule has 0 aliphatic carbocycles. The van der Waals surface area contributed by atoms with Crippen molar-refractivity contribution in [2.45, 2.75) is 45.6 Å². The van der Waals surface area contributed by atoms with Crippen LogP contribution in [0, 0.1) is 0 Å². The molecule has 0 radical (unpaired) electrons. The number of hydrogen-bond acceptors (Lipinski definition) is 1. The largest absolute Gasteiger partial charge is 0.336 e. The average molecular weight is 394 g/mol. The Morgan fingerprint density at radius 1 is 0.700 bits per heavy atom. The summed E-state index contributed by atoms with van der Waals surface area (Å²) in [6.07, 6.45) is 2.41. The molecule has 0 saturated heterocycles. The van der Waals surface area contributed by atoms with Crippen molar-refractivity contribution in [3.05, 3.63) is 108 Å². The summed E-state index contributed by atoms with van der Waals surface area (Å²) in [6, 6.07) is 35.1. The van der Waals surface area contributed by atoms with Gasteiger partial charge in [0.2, 0.25) is 0 Å². The molecule has 152 valence electrons. The van der Waals surface area contributed by atoms with Crippen molar-refractivity contribution in [1.82, 2.24) is 0 Å². The zero-order valence-corrected chi connectivity index (χ0v) is 18.3. The average Bonchev–Trinajstić information content (AvgIpc) is 2.78. The summed E-state index contributed by atoms with van der Waals surface area (Å²) < 4.78 is 0. The molecule has 0 bridgehead atoms. The van der Waals surface area contributed by atoms with Crippen LogP contribution in [0.3, 0.4) is 0 Å². The molecule has 1 heteroatoms. The first-order valence-electron chi connectivity index (χ1n) is 11.0. The lowest BCUT2D eigenvalue weighted by Crippen LogP contribution is -2.18. The SMILES string of the molecule is CCCC(C)(C)c1ccc(CN(c2ccccc2)c2cccc3ccccc23)cc1. The van der Waals surface area contributed by atoms with E-state index in [4.69, 9.17) is 0 Å². The highest BCUT2D eigenvalue weighted by atomic mass is 15.1. The van der Waals surface area contributed by atoms with Gasteiger partial charge in [-0.3, -0.25) is 0 Å². The fourth-order valence-electron chi connectivity index (χ4n) is 4.38. The second-order valence-electron chi connectivity index (χ2n) is 8.75. The van der Waals surface area contributed by atoms with E-state index in [1.165, 1.54) is 46.1 Å². The van der Waals surface area contributed by atoms with Crippen LogP contribution in [0.5, 0.6) is 0 Å². The third-order valence-corrected chi connectivity index (χ3v) is 6.08. The van der Waals surface area contributed by atoms with Gasteiger partial charge in [-0.05, 0) is 46.5 Å². The maximum absolute atomic E-state index is 2.43. The van der Waals surface area contributed by atoms with Gasteiger partial charge in [-0.2, -0.15) is 0 Å². The molecule has 0 atom stereocenters. The van der Waals surface area contributed by atoms with E-state index in [9.17, 15) is 0 Å². The highest BCUT2D eigenvalue weighted by Gasteiger charge is 2.19. The predicted octanol–water partition coefficient (Wildman–Crippen LogP) is 8.26. The molecule has 0 saturated carbocycles. The maximum Gasteiger partial charge on any atom is 0.0493 e. The van der Waals surface area contributed by atoms with Crippen LogP contribution in [-0.4, -0.2) is 0 Å². The Bertz CT molecular complexity index is 1090. The van der Waals surface area contributed by atoms with Gasteiger partial charge in [-0.15, -0.1) is 0 Å². The number of benzene rings is 4. The molecular formula is C29H31N. The predicted molar refractivity (Wildman–Crippen MR) is 131 cm³/mol. The molecule has 30 heavy (non-hydrogen) atoms. The fraction of sp³-hybridized carbons (Fsp3) is 0.241. The molecule has 0 aliphatic rings. The van der Waals surface area contributed by atoms with Crippen LogP contribution < -0.4 is 4.90 Å². The Kier molecular flexibility index (Phi) is 5.90. The molecule has 0 aromatic heterocycles. The maximum atomic E-state index is 2.43. The molecule has 0 heterocycles. The molecule has 0 unspecified atom stereocenters. The summed E-state index contributed by atoms with van der Waals surface area (Å²) in [5, 5.41) is 2.55. The number of hydrogen-bond donors (Lipinski definition) is 0. The van der Waals surface area contributed by atoms with Crippen LogP contribution in [0.25, 0.3) is 10.8 Å². The molecule has 0 aliphatic heterocycles. The highest BCUT2D eigenvalue weighted by molar-refractivity contribution is 5.96. The quantitative estimate of drug-likeness (QED) is 0.305. The van der Waals surface area contributed by atoms with Gasteiger partial charge in [0, 0.05) is 23.3 Å². The van der Waals surface area contributed by atoms with Crippen LogP contribution >= 0.6 is 0 Å². The number of rotatable bonds is 7. The standard InChI is InChI=1S/C29H31N/c1-4-21-29(2,3)25-19-17-23(18-20-25)22-30(26-13-6-5-7-14-26)28-16-10-12-24-11-8-9-15-27(24)28/h5-20H,4,21-22H2,1-3H3. The first-order valence-corrected chi connectivity index (χ1v) is 11.0. The summed E-state index contributed by atoms with van der Waals surface area (Å²) >= 11 is 0. The molecule has 4 aromatic carbocycles. The summed E-state index contributed by atoms with van der Waals surface area (Å²) in [4.78, 5) is 2.43. The first kappa shape index (κ1) is 20.2. The lowest BCUT2D eigenvalue weighted by atomic mass is 9.80. The number of para-hydroxylation sites is 1. The van der Waals surface area contributed by atoms with E-state index >= 15 is 0 Å². The van der Waals surface area contributed by atoms with Crippen molar-refractivity contribution >= 4 is 22.1 Å². The topological polar surface area (TPSA) is 3.24 Å². The van der Waals surface area contributed by atoms with Gasteiger partial charge in [-0.25, -0.2) is 0 Å². The summed E-state index contributed by atoms with van der Waals surface area (Å²) in [5.74, 6) is 0. The van der Waals surface area contributed by atoms with Crippen LogP contribution in [0.4, 0.5) is 11.4 Å². The van der Waals surface area contributed by atoms with Gasteiger partial charge in [0.15, 0.2) is 0 Å². The van der Waals surface area contributed by atoms with E-state index in [-0.39, 0.29) is 5.41 Å². The molecule has 4 rings (SSSR count). The molecule has 4 aromatic rings. The Balaban J connectivity index is 1.72. The normalized spacial score (nSPS) is 11.6. The van der Waals surface area contributed by atoms with Gasteiger partial charge in [0.05, 0.1) is 0 Å². The van der Waals surface area contributed by atoms with Crippen molar-refractivity contribution in [3.8, 4) is 0 Å². The van der Waals surface area contributed by atoms with E-state index in [1.54, 1.807) is 0 Å². The van der Waals surface area contributed by atoms with Crippen molar-refractivity contribution in [1.29, 1.82) is 0 Å². The molecule has 1 nitrogen and oxygen atoms in total. The van der Waals surface area contributed by atoms with Crippen LogP contribution in [0.2, 0.25) is 0 Å². The van der Waals surface area contributed by atoms with Gasteiger partial charge in [-0.1, -0.05) is 106 Å². The minimum absolute atomic E-state index is 0.224. The lowest BCUT2D eigenvalue weighted by Gasteiger charge is -2.28. The van der Waals surface area contributed by atoms with Crippen LogP contribution in [0.15, 0.2) is 97.1 Å². The third-order valence-electron chi connectivity index (χ3n) is 6.08. The molecule has 0 amide bonds. The van der Waals surface area contributed by atoms with Gasteiger partial charge in [0.1, 0.15) is 0 Å². The molecule has 0 spiro atoms. The Hall–Kier alpha value is -3.06. The second-order valence-corrected chi connectivity index (χ2v) is 8.75. The van der Waals surface area contributed by atoms with Crippen LogP contribution in [0.1, 0.15) is 44.7 Å². The summed E-state index contributed by atoms with van der Waals surface area (Å²) in [5.41, 5.74) is 5.42. The lowest BCUT2D eigenvalue weighted by molar-refractivity contribution is 0.473. The van der Waals surface area contributed by atoms with E-state index in [1.807, 2.05) is 0 Å². The Morgan fingerprint density at radius 3 is 2.10 bits per heavy atom.